The lowest BCUT2D eigenvalue weighted by Crippen LogP contribution is -2.45. The van der Waals surface area contributed by atoms with Gasteiger partial charge < -0.3 is 15.7 Å². The topological polar surface area (TPSA) is 92.1 Å². The average molecular weight is 253 g/mol. The number of nitrogens with zero attached hydrogens (tertiary/aromatic N) is 3. The number of rotatable bonds is 6. The Bertz CT molecular complexity index is 383. The van der Waals surface area contributed by atoms with Crippen molar-refractivity contribution in [2.24, 2.45) is 0 Å². The zero-order valence-corrected chi connectivity index (χ0v) is 10.3. The van der Waals surface area contributed by atoms with Crippen LogP contribution in [0.25, 0.3) is 0 Å². The number of amides is 1. The first-order chi connectivity index (χ1) is 8.78. The second-order valence-electron chi connectivity index (χ2n) is 4.47. The van der Waals surface area contributed by atoms with Crippen molar-refractivity contribution in [1.29, 1.82) is 0 Å². The highest BCUT2D eigenvalue weighted by Crippen LogP contribution is 2.03. The van der Waals surface area contributed by atoms with E-state index in [1.165, 1.54) is 0 Å². The SMILES string of the molecule is O=C1CCC(NCc2cn(CCCO)nn2)CN1. The van der Waals surface area contributed by atoms with Gasteiger partial charge in [-0.05, 0) is 12.8 Å². The molecular weight excluding hydrogens is 234 g/mol. The van der Waals surface area contributed by atoms with Crippen LogP contribution in [0.2, 0.25) is 0 Å². The van der Waals surface area contributed by atoms with Gasteiger partial charge in [-0.2, -0.15) is 0 Å². The van der Waals surface area contributed by atoms with Crippen molar-refractivity contribution >= 4 is 5.91 Å². The molecule has 0 aliphatic carbocycles. The standard InChI is InChI=1S/C11H19N5O2/c17-5-1-4-16-8-10(14-15-16)7-12-9-2-3-11(18)13-6-9/h8-9,12,17H,1-7H2,(H,13,18). The van der Waals surface area contributed by atoms with Crippen LogP contribution in [-0.4, -0.2) is 45.2 Å². The van der Waals surface area contributed by atoms with E-state index in [2.05, 4.69) is 20.9 Å². The Labute approximate surface area is 106 Å². The minimum absolute atomic E-state index is 0.128. The summed E-state index contributed by atoms with van der Waals surface area (Å²) in [7, 11) is 0. The Morgan fingerprint density at radius 2 is 2.50 bits per heavy atom. The molecule has 1 amide bonds. The highest BCUT2D eigenvalue weighted by atomic mass is 16.3. The van der Waals surface area contributed by atoms with E-state index in [1.807, 2.05) is 6.20 Å². The predicted octanol–water partition coefficient (Wildman–Crippen LogP) is -0.971. The lowest BCUT2D eigenvalue weighted by Gasteiger charge is -2.22. The molecule has 7 heteroatoms. The molecule has 0 bridgehead atoms. The molecule has 7 nitrogen and oxygen atoms in total. The van der Waals surface area contributed by atoms with E-state index < -0.39 is 0 Å². The fraction of sp³-hybridized carbons (Fsp3) is 0.727. The molecule has 3 N–H and O–H groups in total. The molecule has 1 aromatic rings. The number of carbonyl (C=O) groups is 1. The molecule has 1 fully saturated rings. The summed E-state index contributed by atoms with van der Waals surface area (Å²) in [6.07, 6.45) is 4.01. The summed E-state index contributed by atoms with van der Waals surface area (Å²) >= 11 is 0. The van der Waals surface area contributed by atoms with E-state index in [1.54, 1.807) is 4.68 Å². The lowest BCUT2D eigenvalue weighted by atomic mass is 10.1. The summed E-state index contributed by atoms with van der Waals surface area (Å²) in [4.78, 5) is 11.0. The highest BCUT2D eigenvalue weighted by molar-refractivity contribution is 5.76. The van der Waals surface area contributed by atoms with Crippen molar-refractivity contribution in [3.05, 3.63) is 11.9 Å². The molecule has 2 heterocycles. The van der Waals surface area contributed by atoms with Crippen LogP contribution in [0.3, 0.4) is 0 Å². The van der Waals surface area contributed by atoms with E-state index in [0.29, 0.717) is 38.5 Å². The highest BCUT2D eigenvalue weighted by Gasteiger charge is 2.17. The molecule has 18 heavy (non-hydrogen) atoms. The van der Waals surface area contributed by atoms with E-state index in [9.17, 15) is 4.79 Å². The van der Waals surface area contributed by atoms with Gasteiger partial charge in [0.25, 0.3) is 0 Å². The largest absolute Gasteiger partial charge is 0.396 e. The maximum absolute atomic E-state index is 11.0. The Balaban J connectivity index is 1.72. The van der Waals surface area contributed by atoms with E-state index in [4.69, 9.17) is 5.11 Å². The number of aliphatic hydroxyl groups is 1. The molecule has 0 saturated carbocycles. The smallest absolute Gasteiger partial charge is 0.220 e. The van der Waals surface area contributed by atoms with Crippen LogP contribution >= 0.6 is 0 Å². The fourth-order valence-electron chi connectivity index (χ4n) is 1.92. The summed E-state index contributed by atoms with van der Waals surface area (Å²) in [5.41, 5.74) is 0.879. The van der Waals surface area contributed by atoms with Crippen molar-refractivity contribution in [3.63, 3.8) is 0 Å². The average Bonchev–Trinajstić information content (AvgIpc) is 2.84. The van der Waals surface area contributed by atoms with Gasteiger partial charge in [0.05, 0.1) is 5.69 Å². The molecule has 1 unspecified atom stereocenters. The van der Waals surface area contributed by atoms with Crippen LogP contribution in [-0.2, 0) is 17.9 Å². The lowest BCUT2D eigenvalue weighted by molar-refractivity contribution is -0.122. The monoisotopic (exact) mass is 253 g/mol. The molecule has 1 aliphatic rings. The number of carbonyl (C=O) groups excluding carboxylic acids is 1. The molecule has 100 valence electrons. The molecule has 1 atom stereocenters. The van der Waals surface area contributed by atoms with Crippen LogP contribution in [0.15, 0.2) is 6.20 Å². The van der Waals surface area contributed by atoms with Gasteiger partial charge >= 0.3 is 0 Å². The summed E-state index contributed by atoms with van der Waals surface area (Å²) in [5.74, 6) is 0.128. The van der Waals surface area contributed by atoms with E-state index in [0.717, 1.165) is 12.1 Å². The Morgan fingerprint density at radius 3 is 3.22 bits per heavy atom. The van der Waals surface area contributed by atoms with Gasteiger partial charge in [-0.1, -0.05) is 5.21 Å². The Morgan fingerprint density at radius 1 is 1.61 bits per heavy atom. The van der Waals surface area contributed by atoms with Crippen molar-refractivity contribution in [2.45, 2.75) is 38.4 Å². The summed E-state index contributed by atoms with van der Waals surface area (Å²) in [5, 5.41) is 22.9. The van der Waals surface area contributed by atoms with Crippen molar-refractivity contribution in [2.75, 3.05) is 13.2 Å². The van der Waals surface area contributed by atoms with Gasteiger partial charge in [0.15, 0.2) is 0 Å². The molecule has 2 rings (SSSR count). The first kappa shape index (κ1) is 13.0. The normalized spacial score (nSPS) is 19.8. The second-order valence-corrected chi connectivity index (χ2v) is 4.47. The van der Waals surface area contributed by atoms with Crippen LogP contribution in [0.4, 0.5) is 0 Å². The number of hydrogen-bond acceptors (Lipinski definition) is 5. The van der Waals surface area contributed by atoms with Gasteiger partial charge in [0.1, 0.15) is 0 Å². The third kappa shape index (κ3) is 3.78. The van der Waals surface area contributed by atoms with Crippen LogP contribution < -0.4 is 10.6 Å². The first-order valence-corrected chi connectivity index (χ1v) is 6.28. The van der Waals surface area contributed by atoms with E-state index in [-0.39, 0.29) is 12.5 Å². The van der Waals surface area contributed by atoms with Gasteiger partial charge in [-0.25, -0.2) is 0 Å². The molecule has 1 aromatic heterocycles. The van der Waals surface area contributed by atoms with Crippen LogP contribution in [0, 0.1) is 0 Å². The van der Waals surface area contributed by atoms with Crippen molar-refractivity contribution in [1.82, 2.24) is 25.6 Å². The number of aryl methyl sites for hydroxylation is 1. The zero-order valence-electron chi connectivity index (χ0n) is 10.3. The van der Waals surface area contributed by atoms with Crippen molar-refractivity contribution < 1.29 is 9.90 Å². The molecule has 1 saturated heterocycles. The fourth-order valence-corrected chi connectivity index (χ4v) is 1.92. The van der Waals surface area contributed by atoms with E-state index >= 15 is 0 Å². The van der Waals surface area contributed by atoms with Gasteiger partial charge in [-0.3, -0.25) is 9.48 Å². The maximum atomic E-state index is 11.0. The summed E-state index contributed by atoms with van der Waals surface area (Å²) < 4.78 is 1.73. The number of aliphatic hydroxyl groups excluding tert-OH is 1. The van der Waals surface area contributed by atoms with Gasteiger partial charge in [0, 0.05) is 44.9 Å². The minimum atomic E-state index is 0.128. The molecule has 0 radical (unpaired) electrons. The first-order valence-electron chi connectivity index (χ1n) is 6.28. The second kappa shape index (κ2) is 6.46. The quantitative estimate of drug-likeness (QED) is 0.606. The van der Waals surface area contributed by atoms with Gasteiger partial charge in [-0.15, -0.1) is 5.10 Å². The summed E-state index contributed by atoms with van der Waals surface area (Å²) in [6.45, 7) is 2.18. The molecular formula is C11H19N5O2. The maximum Gasteiger partial charge on any atom is 0.220 e. The Kier molecular flexibility index (Phi) is 4.66. The summed E-state index contributed by atoms with van der Waals surface area (Å²) in [6, 6.07) is 0.310. The molecule has 0 aromatic carbocycles. The van der Waals surface area contributed by atoms with Gasteiger partial charge in [0.2, 0.25) is 5.91 Å². The number of aromatic nitrogens is 3. The third-order valence-corrected chi connectivity index (χ3v) is 2.97. The predicted molar refractivity (Wildman–Crippen MR) is 64.6 cm³/mol. The Hall–Kier alpha value is -1.47. The van der Waals surface area contributed by atoms with Crippen LogP contribution in [0.5, 0.6) is 0 Å². The zero-order chi connectivity index (χ0) is 12.8. The number of hydrogen-bond donors (Lipinski definition) is 3. The molecule has 1 aliphatic heterocycles. The van der Waals surface area contributed by atoms with Crippen molar-refractivity contribution in [3.8, 4) is 0 Å². The third-order valence-electron chi connectivity index (χ3n) is 2.97. The number of nitrogens with one attached hydrogen (secondary N) is 2. The van der Waals surface area contributed by atoms with Crippen LogP contribution in [0.1, 0.15) is 25.0 Å². The minimum Gasteiger partial charge on any atom is -0.396 e. The number of piperidine rings is 1. The molecule has 0 spiro atoms.